The Morgan fingerprint density at radius 3 is 2.00 bits per heavy atom. The number of carbonyl (C=O) groups excluding carboxylic acids is 1. The van der Waals surface area contributed by atoms with Gasteiger partial charge in [-0.25, -0.2) is 4.79 Å². The molecule has 21 heavy (non-hydrogen) atoms. The number of carboxylic acid groups (broad SMARTS) is 1. The van der Waals surface area contributed by atoms with E-state index in [2.05, 4.69) is 5.32 Å². The summed E-state index contributed by atoms with van der Waals surface area (Å²) in [6.45, 7) is -0.114. The van der Waals surface area contributed by atoms with Gasteiger partial charge in [0.2, 0.25) is 5.91 Å². The van der Waals surface area contributed by atoms with Gasteiger partial charge in [-0.2, -0.15) is 13.2 Å². The molecular formula is C10H10F3N3O5. The number of non-ortho nitro benzene ring substituents is 1. The van der Waals surface area contributed by atoms with E-state index in [0.717, 1.165) is 0 Å². The fraction of sp³-hybridized carbons (Fsp3) is 0.200. The van der Waals surface area contributed by atoms with Crippen molar-refractivity contribution in [3.63, 3.8) is 0 Å². The molecule has 0 radical (unpaired) electrons. The molecule has 1 aromatic carbocycles. The number of carboxylic acids is 1. The Morgan fingerprint density at radius 1 is 1.29 bits per heavy atom. The van der Waals surface area contributed by atoms with Crippen LogP contribution in [0.15, 0.2) is 24.3 Å². The maximum absolute atomic E-state index is 10.8. The second kappa shape index (κ2) is 7.79. The van der Waals surface area contributed by atoms with E-state index < -0.39 is 17.1 Å². The Kier molecular flexibility index (Phi) is 6.79. The highest BCUT2D eigenvalue weighted by Crippen LogP contribution is 2.15. The number of halogens is 3. The normalized spacial score (nSPS) is 10.1. The van der Waals surface area contributed by atoms with Crippen molar-refractivity contribution in [2.75, 3.05) is 11.9 Å². The maximum atomic E-state index is 10.8. The third-order valence-electron chi connectivity index (χ3n) is 1.79. The van der Waals surface area contributed by atoms with Crippen LogP contribution in [0.4, 0.5) is 24.5 Å². The predicted octanol–water partition coefficient (Wildman–Crippen LogP) is 1.13. The number of nitrogens with one attached hydrogen (secondary N) is 1. The first-order chi connectivity index (χ1) is 9.57. The van der Waals surface area contributed by atoms with Crippen molar-refractivity contribution in [2.45, 2.75) is 6.18 Å². The molecule has 0 aromatic heterocycles. The highest BCUT2D eigenvalue weighted by atomic mass is 19.4. The van der Waals surface area contributed by atoms with Gasteiger partial charge in [0.1, 0.15) is 0 Å². The average Bonchev–Trinajstić information content (AvgIpc) is 2.38. The number of nitrogens with two attached hydrogens (primary N) is 1. The molecule has 0 fully saturated rings. The summed E-state index contributed by atoms with van der Waals surface area (Å²) in [5, 5.41) is 19.9. The topological polar surface area (TPSA) is 136 Å². The Labute approximate surface area is 115 Å². The second-order valence-corrected chi connectivity index (χ2v) is 3.36. The molecule has 11 heteroatoms. The molecule has 8 nitrogen and oxygen atoms in total. The van der Waals surface area contributed by atoms with Crippen LogP contribution in [0, 0.1) is 10.1 Å². The first kappa shape index (κ1) is 18.3. The summed E-state index contributed by atoms with van der Waals surface area (Å²) in [6.07, 6.45) is -5.08. The number of anilines is 1. The number of rotatable bonds is 3. The Bertz CT molecular complexity index is 516. The van der Waals surface area contributed by atoms with Gasteiger partial charge in [0, 0.05) is 17.8 Å². The summed E-state index contributed by atoms with van der Waals surface area (Å²) in [5.74, 6) is -3.09. The Morgan fingerprint density at radius 2 is 1.71 bits per heavy atom. The van der Waals surface area contributed by atoms with Gasteiger partial charge in [-0.05, 0) is 12.1 Å². The molecule has 0 aliphatic carbocycles. The molecule has 0 atom stereocenters. The minimum absolute atomic E-state index is 0.0178. The van der Waals surface area contributed by atoms with Gasteiger partial charge < -0.3 is 16.2 Å². The zero-order chi connectivity index (χ0) is 16.6. The molecule has 4 N–H and O–H groups in total. The molecule has 0 bridgehead atoms. The first-order valence-electron chi connectivity index (χ1n) is 5.12. The van der Waals surface area contributed by atoms with Gasteiger partial charge in [0.15, 0.2) is 0 Å². The minimum atomic E-state index is -5.08. The zero-order valence-electron chi connectivity index (χ0n) is 10.3. The van der Waals surface area contributed by atoms with Crippen molar-refractivity contribution in [3.05, 3.63) is 34.4 Å². The molecule has 0 saturated heterocycles. The van der Waals surface area contributed by atoms with E-state index in [0.29, 0.717) is 5.69 Å². The summed E-state index contributed by atoms with van der Waals surface area (Å²) in [4.78, 5) is 29.5. The molecule has 0 aliphatic rings. The number of benzene rings is 1. The average molecular weight is 309 g/mol. The monoisotopic (exact) mass is 309 g/mol. The summed E-state index contributed by atoms with van der Waals surface area (Å²) >= 11 is 0. The second-order valence-electron chi connectivity index (χ2n) is 3.36. The van der Waals surface area contributed by atoms with Crippen molar-refractivity contribution in [1.82, 2.24) is 0 Å². The fourth-order valence-corrected chi connectivity index (χ4v) is 0.878. The lowest BCUT2D eigenvalue weighted by atomic mass is 10.3. The van der Waals surface area contributed by atoms with Crippen molar-refractivity contribution in [1.29, 1.82) is 0 Å². The number of amides is 1. The van der Waals surface area contributed by atoms with Crippen LogP contribution < -0.4 is 11.1 Å². The van der Waals surface area contributed by atoms with Crippen LogP contribution in [0.25, 0.3) is 0 Å². The van der Waals surface area contributed by atoms with E-state index in [-0.39, 0.29) is 18.1 Å². The summed E-state index contributed by atoms with van der Waals surface area (Å²) in [6, 6.07) is 5.52. The summed E-state index contributed by atoms with van der Waals surface area (Å²) in [5.41, 5.74) is 5.55. The molecule has 1 aromatic rings. The largest absolute Gasteiger partial charge is 0.490 e. The molecule has 1 rings (SSSR count). The van der Waals surface area contributed by atoms with E-state index in [1.54, 1.807) is 0 Å². The van der Waals surface area contributed by atoms with Crippen LogP contribution in [0.1, 0.15) is 0 Å². The Balaban J connectivity index is 0.000000486. The van der Waals surface area contributed by atoms with Crippen molar-refractivity contribution in [3.8, 4) is 0 Å². The highest BCUT2D eigenvalue weighted by molar-refractivity contribution is 5.92. The predicted molar refractivity (Wildman–Crippen MR) is 64.5 cm³/mol. The van der Waals surface area contributed by atoms with E-state index in [1.807, 2.05) is 0 Å². The maximum Gasteiger partial charge on any atom is 0.490 e. The van der Waals surface area contributed by atoms with Gasteiger partial charge in [-0.15, -0.1) is 0 Å². The van der Waals surface area contributed by atoms with E-state index in [9.17, 15) is 28.1 Å². The third kappa shape index (κ3) is 7.47. The smallest absolute Gasteiger partial charge is 0.475 e. The molecule has 116 valence electrons. The summed E-state index contributed by atoms with van der Waals surface area (Å²) < 4.78 is 31.7. The van der Waals surface area contributed by atoms with Gasteiger partial charge in [-0.3, -0.25) is 14.9 Å². The fourth-order valence-electron chi connectivity index (χ4n) is 0.878. The number of aliphatic carboxylic acids is 1. The van der Waals surface area contributed by atoms with E-state index >= 15 is 0 Å². The van der Waals surface area contributed by atoms with Crippen LogP contribution >= 0.6 is 0 Å². The van der Waals surface area contributed by atoms with Crippen LogP contribution in [-0.2, 0) is 9.59 Å². The van der Waals surface area contributed by atoms with Gasteiger partial charge in [0.25, 0.3) is 5.69 Å². The number of alkyl halides is 3. The standard InChI is InChI=1S/C8H9N3O3.C2HF3O2/c9-5-8(12)10-6-1-3-7(4-2-6)11(13)14;3-2(4,5)1(6)7/h1-4H,5,9H2,(H,10,12);(H,6,7). The molecule has 0 saturated carbocycles. The first-order valence-corrected chi connectivity index (χ1v) is 5.12. The molecule has 1 amide bonds. The van der Waals surface area contributed by atoms with Crippen molar-refractivity contribution >= 4 is 23.3 Å². The lowest BCUT2D eigenvalue weighted by Crippen LogP contribution is -2.21. The Hall–Kier alpha value is -2.69. The van der Waals surface area contributed by atoms with Crippen molar-refractivity contribution < 1.29 is 32.8 Å². The summed E-state index contributed by atoms with van der Waals surface area (Å²) in [7, 11) is 0. The van der Waals surface area contributed by atoms with Crippen LogP contribution in [0.2, 0.25) is 0 Å². The number of hydrogen-bond donors (Lipinski definition) is 3. The number of nitro groups is 1. The van der Waals surface area contributed by atoms with Gasteiger partial charge in [0.05, 0.1) is 11.5 Å². The van der Waals surface area contributed by atoms with Gasteiger partial charge >= 0.3 is 12.1 Å². The highest BCUT2D eigenvalue weighted by Gasteiger charge is 2.38. The zero-order valence-corrected chi connectivity index (χ0v) is 10.3. The lowest BCUT2D eigenvalue weighted by Gasteiger charge is -2.01. The third-order valence-corrected chi connectivity index (χ3v) is 1.79. The number of nitrogens with zero attached hydrogens (tertiary/aromatic N) is 1. The SMILES string of the molecule is NCC(=O)Nc1ccc([N+](=O)[O-])cc1.O=C(O)C(F)(F)F. The molecule has 0 unspecified atom stereocenters. The molecule has 0 aliphatic heterocycles. The van der Waals surface area contributed by atoms with Crippen molar-refractivity contribution in [2.24, 2.45) is 5.73 Å². The van der Waals surface area contributed by atoms with Crippen LogP contribution in [0.5, 0.6) is 0 Å². The molecular weight excluding hydrogens is 299 g/mol. The number of hydrogen-bond acceptors (Lipinski definition) is 5. The molecule has 0 heterocycles. The number of nitro benzene ring substituents is 1. The van der Waals surface area contributed by atoms with E-state index in [4.69, 9.17) is 15.6 Å². The lowest BCUT2D eigenvalue weighted by molar-refractivity contribution is -0.384. The minimum Gasteiger partial charge on any atom is -0.475 e. The van der Waals surface area contributed by atoms with Gasteiger partial charge in [-0.1, -0.05) is 0 Å². The number of carbonyl (C=O) groups is 2. The van der Waals surface area contributed by atoms with Crippen LogP contribution in [-0.4, -0.2) is 34.6 Å². The van der Waals surface area contributed by atoms with E-state index in [1.165, 1.54) is 24.3 Å². The van der Waals surface area contributed by atoms with Crippen LogP contribution in [0.3, 0.4) is 0 Å². The quantitative estimate of drug-likeness (QED) is 0.565. The molecule has 0 spiro atoms.